The van der Waals surface area contributed by atoms with E-state index in [4.69, 9.17) is 9.47 Å². The molecule has 0 spiro atoms. The number of benzene rings is 2. The lowest BCUT2D eigenvalue weighted by Gasteiger charge is -2.07. The highest BCUT2D eigenvalue weighted by Gasteiger charge is 2.05. The van der Waals surface area contributed by atoms with Gasteiger partial charge < -0.3 is 14.8 Å². The number of ether oxygens (including phenoxy) is 2. The van der Waals surface area contributed by atoms with E-state index in [1.54, 1.807) is 14.0 Å². The molecule has 2 aromatic carbocycles. The highest BCUT2D eigenvalue weighted by molar-refractivity contribution is 6.00. The van der Waals surface area contributed by atoms with Gasteiger partial charge in [-0.3, -0.25) is 9.59 Å². The fourth-order valence-electron chi connectivity index (χ4n) is 2.22. The van der Waals surface area contributed by atoms with Gasteiger partial charge in [-0.2, -0.15) is 5.10 Å². The highest BCUT2D eigenvalue weighted by Crippen LogP contribution is 2.20. The Kier molecular flexibility index (Phi) is 7.57. The fourth-order valence-corrected chi connectivity index (χ4v) is 2.22. The van der Waals surface area contributed by atoms with Crippen LogP contribution in [-0.2, 0) is 14.3 Å². The second kappa shape index (κ2) is 10.1. The highest BCUT2D eigenvalue weighted by atomic mass is 16.5. The number of nitrogens with zero attached hydrogens (tertiary/aromatic N) is 1. The Labute approximate surface area is 152 Å². The Morgan fingerprint density at radius 2 is 1.85 bits per heavy atom. The summed E-state index contributed by atoms with van der Waals surface area (Å²) in [6.45, 7) is 2.40. The molecule has 2 rings (SSSR count). The van der Waals surface area contributed by atoms with E-state index in [2.05, 4.69) is 15.8 Å². The van der Waals surface area contributed by atoms with Crippen LogP contribution in [-0.4, -0.2) is 44.4 Å². The van der Waals surface area contributed by atoms with Crippen LogP contribution < -0.4 is 15.5 Å². The standard InChI is InChI=1S/C19H23N3O4/c1-14(11-18(23)20-9-10-25-2)21-22-19(24)13-26-17-8-7-15-5-3-4-6-16(15)12-17/h3-8,12H,9-11,13H2,1-2H3,(H,20,23)(H,22,24)/b21-14-. The van der Waals surface area contributed by atoms with Crippen LogP contribution in [0.2, 0.25) is 0 Å². The van der Waals surface area contributed by atoms with E-state index in [-0.39, 0.29) is 18.9 Å². The maximum atomic E-state index is 11.8. The molecule has 7 heteroatoms. The number of methoxy groups -OCH3 is 1. The molecule has 0 aliphatic rings. The molecule has 0 bridgehead atoms. The van der Waals surface area contributed by atoms with E-state index in [1.165, 1.54) is 0 Å². The first-order chi connectivity index (χ1) is 12.6. The number of carbonyl (C=O) groups is 2. The number of rotatable bonds is 9. The molecule has 7 nitrogen and oxygen atoms in total. The van der Waals surface area contributed by atoms with Crippen LogP contribution >= 0.6 is 0 Å². The monoisotopic (exact) mass is 357 g/mol. The molecular formula is C19H23N3O4. The molecule has 138 valence electrons. The molecule has 0 saturated heterocycles. The Morgan fingerprint density at radius 3 is 2.62 bits per heavy atom. The van der Waals surface area contributed by atoms with Gasteiger partial charge in [-0.05, 0) is 29.8 Å². The molecule has 0 aliphatic heterocycles. The number of amides is 2. The number of hydrogen-bond donors (Lipinski definition) is 2. The quantitative estimate of drug-likeness (QED) is 0.407. The van der Waals surface area contributed by atoms with Crippen LogP contribution in [0.1, 0.15) is 13.3 Å². The molecule has 2 amide bonds. The largest absolute Gasteiger partial charge is 0.484 e. The zero-order valence-corrected chi connectivity index (χ0v) is 15.0. The minimum atomic E-state index is -0.391. The molecule has 0 radical (unpaired) electrons. The van der Waals surface area contributed by atoms with Crippen LogP contribution in [0.15, 0.2) is 47.6 Å². The summed E-state index contributed by atoms with van der Waals surface area (Å²) < 4.78 is 10.3. The number of fused-ring (bicyclic) bond motifs is 1. The van der Waals surface area contributed by atoms with Crippen molar-refractivity contribution in [2.75, 3.05) is 26.9 Å². The van der Waals surface area contributed by atoms with Crippen molar-refractivity contribution in [1.29, 1.82) is 0 Å². The third-order valence-electron chi connectivity index (χ3n) is 3.51. The Balaban J connectivity index is 1.75. The van der Waals surface area contributed by atoms with Gasteiger partial charge in [0.2, 0.25) is 5.91 Å². The third-order valence-corrected chi connectivity index (χ3v) is 3.51. The molecule has 0 aliphatic carbocycles. The SMILES string of the molecule is COCCNC(=O)C/C(C)=N\NC(=O)COc1ccc2ccccc2c1. The summed E-state index contributed by atoms with van der Waals surface area (Å²) in [5, 5.41) is 8.73. The van der Waals surface area contributed by atoms with Crippen molar-refractivity contribution in [2.24, 2.45) is 5.10 Å². The van der Waals surface area contributed by atoms with Gasteiger partial charge in [0.25, 0.3) is 5.91 Å². The average molecular weight is 357 g/mol. The predicted octanol–water partition coefficient (Wildman–Crippen LogP) is 1.86. The first-order valence-corrected chi connectivity index (χ1v) is 8.27. The van der Waals surface area contributed by atoms with Crippen LogP contribution in [0.4, 0.5) is 0 Å². The molecule has 0 aromatic heterocycles. The van der Waals surface area contributed by atoms with Crippen molar-refractivity contribution >= 4 is 28.3 Å². The van der Waals surface area contributed by atoms with Crippen LogP contribution in [0.3, 0.4) is 0 Å². The van der Waals surface area contributed by atoms with Gasteiger partial charge in [0.1, 0.15) is 5.75 Å². The van der Waals surface area contributed by atoms with Crippen molar-refractivity contribution in [3.05, 3.63) is 42.5 Å². The lowest BCUT2D eigenvalue weighted by Crippen LogP contribution is -2.30. The van der Waals surface area contributed by atoms with Crippen LogP contribution in [0.5, 0.6) is 5.75 Å². The van der Waals surface area contributed by atoms with Gasteiger partial charge in [0.05, 0.1) is 13.0 Å². The molecule has 26 heavy (non-hydrogen) atoms. The third kappa shape index (κ3) is 6.52. The Morgan fingerprint density at radius 1 is 1.08 bits per heavy atom. The summed E-state index contributed by atoms with van der Waals surface area (Å²) in [7, 11) is 1.56. The summed E-state index contributed by atoms with van der Waals surface area (Å²) in [5.74, 6) is 0.0411. The Hall–Kier alpha value is -2.93. The van der Waals surface area contributed by atoms with E-state index in [0.717, 1.165) is 10.8 Å². The summed E-state index contributed by atoms with van der Waals surface area (Å²) in [5.41, 5.74) is 2.88. The molecule has 2 N–H and O–H groups in total. The Bertz CT molecular complexity index is 789. The van der Waals surface area contributed by atoms with Gasteiger partial charge in [0.15, 0.2) is 6.61 Å². The zero-order valence-electron chi connectivity index (χ0n) is 15.0. The molecule has 2 aromatic rings. The number of nitrogens with one attached hydrogen (secondary N) is 2. The molecule has 0 saturated carbocycles. The smallest absolute Gasteiger partial charge is 0.277 e. The van der Waals surface area contributed by atoms with Gasteiger partial charge >= 0.3 is 0 Å². The average Bonchev–Trinajstić information content (AvgIpc) is 2.64. The molecule has 0 heterocycles. The van der Waals surface area contributed by atoms with Gasteiger partial charge in [-0.15, -0.1) is 0 Å². The van der Waals surface area contributed by atoms with E-state index < -0.39 is 5.91 Å². The minimum Gasteiger partial charge on any atom is -0.484 e. The van der Waals surface area contributed by atoms with Gasteiger partial charge in [0, 0.05) is 19.4 Å². The second-order valence-corrected chi connectivity index (χ2v) is 5.70. The van der Waals surface area contributed by atoms with E-state index in [9.17, 15) is 9.59 Å². The van der Waals surface area contributed by atoms with Crippen molar-refractivity contribution in [3.8, 4) is 5.75 Å². The normalized spacial score (nSPS) is 11.2. The van der Waals surface area contributed by atoms with Crippen molar-refractivity contribution in [2.45, 2.75) is 13.3 Å². The van der Waals surface area contributed by atoms with E-state index >= 15 is 0 Å². The van der Waals surface area contributed by atoms with Crippen molar-refractivity contribution in [1.82, 2.24) is 10.7 Å². The van der Waals surface area contributed by atoms with Gasteiger partial charge in [-0.25, -0.2) is 5.43 Å². The summed E-state index contributed by atoms with van der Waals surface area (Å²) in [6.07, 6.45) is 0.107. The summed E-state index contributed by atoms with van der Waals surface area (Å²) in [4.78, 5) is 23.4. The summed E-state index contributed by atoms with van der Waals surface area (Å²) >= 11 is 0. The molecule has 0 atom stereocenters. The first-order valence-electron chi connectivity index (χ1n) is 8.27. The second-order valence-electron chi connectivity index (χ2n) is 5.70. The first kappa shape index (κ1) is 19.4. The maximum Gasteiger partial charge on any atom is 0.277 e. The molecule has 0 unspecified atom stereocenters. The number of hydrazone groups is 1. The molecular weight excluding hydrogens is 334 g/mol. The maximum absolute atomic E-state index is 11.8. The minimum absolute atomic E-state index is 0.107. The van der Waals surface area contributed by atoms with Crippen molar-refractivity contribution < 1.29 is 19.1 Å². The van der Waals surface area contributed by atoms with Crippen LogP contribution in [0.25, 0.3) is 10.8 Å². The lowest BCUT2D eigenvalue weighted by molar-refractivity contribution is -0.123. The van der Waals surface area contributed by atoms with Crippen LogP contribution in [0, 0.1) is 0 Å². The van der Waals surface area contributed by atoms with E-state index in [1.807, 2.05) is 42.5 Å². The molecule has 0 fully saturated rings. The zero-order chi connectivity index (χ0) is 18.8. The van der Waals surface area contributed by atoms with Gasteiger partial charge in [-0.1, -0.05) is 30.3 Å². The van der Waals surface area contributed by atoms with E-state index in [0.29, 0.717) is 24.6 Å². The summed E-state index contributed by atoms with van der Waals surface area (Å²) in [6, 6.07) is 13.5. The number of hydrogen-bond acceptors (Lipinski definition) is 5. The fraction of sp³-hybridized carbons (Fsp3) is 0.316. The van der Waals surface area contributed by atoms with Crippen molar-refractivity contribution in [3.63, 3.8) is 0 Å². The topological polar surface area (TPSA) is 89.0 Å². The lowest BCUT2D eigenvalue weighted by atomic mass is 10.1. The predicted molar refractivity (Wildman–Crippen MR) is 100 cm³/mol. The number of carbonyl (C=O) groups excluding carboxylic acids is 2.